The summed E-state index contributed by atoms with van der Waals surface area (Å²) >= 11 is 6.25. The Hall–Kier alpha value is -2.99. The number of hydrogen-bond acceptors (Lipinski definition) is 4. The monoisotopic (exact) mass is 412 g/mol. The summed E-state index contributed by atoms with van der Waals surface area (Å²) in [5, 5.41) is 6.00. The molecule has 1 aliphatic carbocycles. The molecule has 4 rings (SSSR count). The number of para-hydroxylation sites is 1. The molecule has 1 heterocycles. The van der Waals surface area contributed by atoms with Crippen LogP contribution < -0.4 is 20.1 Å². The Kier molecular flexibility index (Phi) is 5.45. The van der Waals surface area contributed by atoms with Crippen LogP contribution in [0.1, 0.15) is 35.7 Å². The van der Waals surface area contributed by atoms with Gasteiger partial charge in [0.05, 0.1) is 22.8 Å². The van der Waals surface area contributed by atoms with Gasteiger partial charge in [-0.05, 0) is 50.1 Å². The first-order valence-corrected chi connectivity index (χ1v) is 9.94. The molecule has 1 aliphatic heterocycles. The lowest BCUT2D eigenvalue weighted by molar-refractivity contribution is -0.113. The van der Waals surface area contributed by atoms with Gasteiger partial charge in [0.1, 0.15) is 6.61 Å². The summed E-state index contributed by atoms with van der Waals surface area (Å²) in [5.74, 6) is 0.816. The van der Waals surface area contributed by atoms with Crippen LogP contribution in [-0.2, 0) is 4.79 Å². The second kappa shape index (κ2) is 8.17. The molecule has 2 aromatic carbocycles. The third kappa shape index (κ3) is 4.38. The minimum Gasteiger partial charge on any atom is -0.490 e. The zero-order chi connectivity index (χ0) is 20.4. The molecular weight excluding hydrogens is 392 g/mol. The van der Waals surface area contributed by atoms with Crippen molar-refractivity contribution in [3.05, 3.63) is 58.1 Å². The molecular formula is C22H21ClN2O4. The average Bonchev–Trinajstić information content (AvgIpc) is 3.52. The van der Waals surface area contributed by atoms with Crippen molar-refractivity contribution < 1.29 is 19.1 Å². The Balaban J connectivity index is 1.47. The molecule has 6 nitrogen and oxygen atoms in total. The highest BCUT2D eigenvalue weighted by Crippen LogP contribution is 2.36. The molecule has 2 amide bonds. The van der Waals surface area contributed by atoms with E-state index in [2.05, 4.69) is 10.6 Å². The number of hydrogen-bond donors (Lipinski definition) is 2. The number of halogens is 1. The molecule has 1 saturated carbocycles. The third-order valence-corrected chi connectivity index (χ3v) is 5.00. The van der Waals surface area contributed by atoms with Crippen molar-refractivity contribution in [2.24, 2.45) is 0 Å². The van der Waals surface area contributed by atoms with Crippen LogP contribution in [0.4, 0.5) is 5.69 Å². The van der Waals surface area contributed by atoms with Crippen molar-refractivity contribution in [2.45, 2.75) is 25.8 Å². The van der Waals surface area contributed by atoms with E-state index in [1.165, 1.54) is 0 Å². The molecule has 0 radical (unpaired) electrons. The van der Waals surface area contributed by atoms with Crippen molar-refractivity contribution in [2.75, 3.05) is 18.5 Å². The summed E-state index contributed by atoms with van der Waals surface area (Å²) < 4.78 is 11.3. The standard InChI is InChI=1S/C22H21ClN2O4/c1-2-28-19-5-3-4-13-10-14(12-29-20(13)19)21(26)25-16-8-9-17(18(23)11-16)22(27)24-15-6-7-15/h3-5,8-11,15H,2,6-7,12H2,1H3,(H,24,27)(H,25,26). The molecule has 29 heavy (non-hydrogen) atoms. The first-order valence-electron chi connectivity index (χ1n) is 9.56. The quantitative estimate of drug-likeness (QED) is 0.750. The van der Waals surface area contributed by atoms with Gasteiger partial charge in [0.25, 0.3) is 11.8 Å². The number of amides is 2. The minimum absolute atomic E-state index is 0.137. The Morgan fingerprint density at radius 2 is 2.03 bits per heavy atom. The number of rotatable bonds is 6. The number of anilines is 1. The van der Waals surface area contributed by atoms with Gasteiger partial charge in [-0.15, -0.1) is 0 Å². The second-order valence-corrected chi connectivity index (χ2v) is 7.37. The van der Waals surface area contributed by atoms with Crippen LogP contribution in [0.3, 0.4) is 0 Å². The van der Waals surface area contributed by atoms with Crippen LogP contribution in [0, 0.1) is 0 Å². The first-order chi connectivity index (χ1) is 14.0. The molecule has 2 N–H and O–H groups in total. The van der Waals surface area contributed by atoms with E-state index in [0.717, 1.165) is 18.4 Å². The van der Waals surface area contributed by atoms with Gasteiger partial charge in [-0.1, -0.05) is 23.7 Å². The Bertz CT molecular complexity index is 998. The number of fused-ring (bicyclic) bond motifs is 1. The summed E-state index contributed by atoms with van der Waals surface area (Å²) in [4.78, 5) is 24.8. The van der Waals surface area contributed by atoms with Crippen molar-refractivity contribution in [1.29, 1.82) is 0 Å². The SMILES string of the molecule is CCOc1cccc2c1OCC(C(=O)Nc1ccc(C(=O)NC3CC3)c(Cl)c1)=C2. The minimum atomic E-state index is -0.288. The van der Waals surface area contributed by atoms with Crippen molar-refractivity contribution in [3.8, 4) is 11.5 Å². The fourth-order valence-corrected chi connectivity index (χ4v) is 3.33. The molecule has 1 fully saturated rings. The third-order valence-electron chi connectivity index (χ3n) is 4.69. The molecule has 0 bridgehead atoms. The number of carbonyl (C=O) groups excluding carboxylic acids is 2. The van der Waals surface area contributed by atoms with E-state index in [-0.39, 0.29) is 24.5 Å². The Morgan fingerprint density at radius 1 is 1.21 bits per heavy atom. The number of ether oxygens (including phenoxy) is 2. The van der Waals surface area contributed by atoms with Gasteiger partial charge in [-0.3, -0.25) is 9.59 Å². The fraction of sp³-hybridized carbons (Fsp3) is 0.273. The van der Waals surface area contributed by atoms with E-state index in [1.54, 1.807) is 24.3 Å². The van der Waals surface area contributed by atoms with Crippen LogP contribution in [0.2, 0.25) is 5.02 Å². The molecule has 0 spiro atoms. The molecule has 7 heteroatoms. The smallest absolute Gasteiger partial charge is 0.255 e. The molecule has 0 aromatic heterocycles. The summed E-state index contributed by atoms with van der Waals surface area (Å²) in [7, 11) is 0. The van der Waals surface area contributed by atoms with E-state index in [0.29, 0.717) is 40.0 Å². The predicted octanol–water partition coefficient (Wildman–Crippen LogP) is 4.05. The van der Waals surface area contributed by atoms with Crippen LogP contribution in [-0.4, -0.2) is 31.1 Å². The van der Waals surface area contributed by atoms with Gasteiger partial charge in [0.15, 0.2) is 11.5 Å². The Labute approximate surface area is 173 Å². The zero-order valence-corrected chi connectivity index (χ0v) is 16.7. The zero-order valence-electron chi connectivity index (χ0n) is 16.0. The number of nitrogens with one attached hydrogen (secondary N) is 2. The van der Waals surface area contributed by atoms with Gasteiger partial charge < -0.3 is 20.1 Å². The largest absolute Gasteiger partial charge is 0.490 e. The fourth-order valence-electron chi connectivity index (χ4n) is 3.06. The number of benzene rings is 2. The van der Waals surface area contributed by atoms with Crippen LogP contribution in [0.25, 0.3) is 6.08 Å². The maximum absolute atomic E-state index is 12.7. The van der Waals surface area contributed by atoms with Gasteiger partial charge in [-0.25, -0.2) is 0 Å². The van der Waals surface area contributed by atoms with Crippen LogP contribution in [0.5, 0.6) is 11.5 Å². The van der Waals surface area contributed by atoms with Gasteiger partial charge in [0.2, 0.25) is 0 Å². The van der Waals surface area contributed by atoms with E-state index in [9.17, 15) is 9.59 Å². The van der Waals surface area contributed by atoms with E-state index < -0.39 is 0 Å². The van der Waals surface area contributed by atoms with Gasteiger partial charge >= 0.3 is 0 Å². The normalized spacial score (nSPS) is 14.9. The lowest BCUT2D eigenvalue weighted by Gasteiger charge is -2.20. The molecule has 0 unspecified atom stereocenters. The average molecular weight is 413 g/mol. The van der Waals surface area contributed by atoms with Crippen molar-refractivity contribution in [1.82, 2.24) is 5.32 Å². The maximum Gasteiger partial charge on any atom is 0.255 e. The van der Waals surface area contributed by atoms with Gasteiger partial charge in [0, 0.05) is 17.3 Å². The highest BCUT2D eigenvalue weighted by molar-refractivity contribution is 6.34. The first kappa shape index (κ1) is 19.3. The summed E-state index contributed by atoms with van der Waals surface area (Å²) in [6.45, 7) is 2.58. The van der Waals surface area contributed by atoms with Crippen molar-refractivity contribution >= 4 is 35.2 Å². The molecule has 2 aliphatic rings. The predicted molar refractivity (Wildman–Crippen MR) is 112 cm³/mol. The summed E-state index contributed by atoms with van der Waals surface area (Å²) in [6, 6.07) is 10.7. The second-order valence-electron chi connectivity index (χ2n) is 6.96. The molecule has 0 atom stereocenters. The van der Waals surface area contributed by atoms with Gasteiger partial charge in [-0.2, -0.15) is 0 Å². The van der Waals surface area contributed by atoms with Crippen LogP contribution in [0.15, 0.2) is 42.0 Å². The summed E-state index contributed by atoms with van der Waals surface area (Å²) in [5.41, 5.74) is 2.18. The topological polar surface area (TPSA) is 76.7 Å². The molecule has 0 saturated heterocycles. The maximum atomic E-state index is 12.7. The molecule has 150 valence electrons. The Morgan fingerprint density at radius 3 is 2.76 bits per heavy atom. The molecule has 2 aromatic rings. The van der Waals surface area contributed by atoms with Crippen molar-refractivity contribution in [3.63, 3.8) is 0 Å². The number of carbonyl (C=O) groups is 2. The summed E-state index contributed by atoms with van der Waals surface area (Å²) in [6.07, 6.45) is 3.80. The van der Waals surface area contributed by atoms with E-state index >= 15 is 0 Å². The van der Waals surface area contributed by atoms with Crippen LogP contribution >= 0.6 is 11.6 Å². The lowest BCUT2D eigenvalue weighted by Crippen LogP contribution is -2.25. The lowest BCUT2D eigenvalue weighted by atomic mass is 10.1. The van der Waals surface area contributed by atoms with E-state index in [1.807, 2.05) is 25.1 Å². The highest BCUT2D eigenvalue weighted by atomic mass is 35.5. The highest BCUT2D eigenvalue weighted by Gasteiger charge is 2.25. The van der Waals surface area contributed by atoms with E-state index in [4.69, 9.17) is 21.1 Å².